The topological polar surface area (TPSA) is 76.9 Å². The van der Waals surface area contributed by atoms with Gasteiger partial charge < -0.3 is 0 Å². The van der Waals surface area contributed by atoms with Crippen LogP contribution in [-0.2, 0) is 10.2 Å². The zero-order valence-electron chi connectivity index (χ0n) is 9.32. The van der Waals surface area contributed by atoms with Crippen LogP contribution < -0.4 is 4.72 Å². The number of rotatable bonds is 3. The normalized spacial score (nSPS) is 11.8. The molecule has 3 aromatic rings. The van der Waals surface area contributed by atoms with Crippen molar-refractivity contribution < 1.29 is 8.42 Å². The highest BCUT2D eigenvalue weighted by Gasteiger charge is 2.18. The van der Waals surface area contributed by atoms with Gasteiger partial charge >= 0.3 is 10.2 Å². The third-order valence-corrected chi connectivity index (χ3v) is 4.72. The number of fused-ring (bicyclic) bond motifs is 1. The number of para-hydroxylation sites is 1. The molecule has 2 heterocycles. The molecule has 0 radical (unpaired) electrons. The van der Waals surface area contributed by atoms with E-state index >= 15 is 0 Å². The van der Waals surface area contributed by atoms with Crippen molar-refractivity contribution in [1.29, 1.82) is 0 Å². The van der Waals surface area contributed by atoms with Crippen molar-refractivity contribution in [3.05, 3.63) is 41.0 Å². The standard InChI is InChI=1S/C10H7ClN4O2S2/c11-9-6-12-10(18-9)14-19(16,17)15-8-4-2-1-3-7(8)5-13-15/h1-6H,(H,12,14). The second-order valence-electron chi connectivity index (χ2n) is 3.62. The number of nitrogens with zero attached hydrogens (tertiary/aromatic N) is 3. The molecule has 98 valence electrons. The number of hydrogen-bond acceptors (Lipinski definition) is 5. The molecule has 1 aromatic carbocycles. The fourth-order valence-electron chi connectivity index (χ4n) is 1.59. The third kappa shape index (κ3) is 2.29. The maximum Gasteiger partial charge on any atom is 0.345 e. The molecule has 0 aliphatic carbocycles. The Hall–Kier alpha value is -1.64. The minimum atomic E-state index is -3.84. The summed E-state index contributed by atoms with van der Waals surface area (Å²) in [6.07, 6.45) is 2.87. The van der Waals surface area contributed by atoms with E-state index < -0.39 is 10.2 Å². The lowest BCUT2D eigenvalue weighted by molar-refractivity contribution is 0.588. The third-order valence-electron chi connectivity index (χ3n) is 2.37. The molecule has 19 heavy (non-hydrogen) atoms. The van der Waals surface area contributed by atoms with Crippen LogP contribution in [0, 0.1) is 0 Å². The van der Waals surface area contributed by atoms with Gasteiger partial charge in [-0.05, 0) is 6.07 Å². The van der Waals surface area contributed by atoms with Gasteiger partial charge in [0.1, 0.15) is 4.34 Å². The van der Waals surface area contributed by atoms with Crippen molar-refractivity contribution in [3.63, 3.8) is 0 Å². The summed E-state index contributed by atoms with van der Waals surface area (Å²) in [5.41, 5.74) is 0.498. The number of halogens is 1. The van der Waals surface area contributed by atoms with Crippen LogP contribution in [0.1, 0.15) is 0 Å². The fourth-order valence-corrected chi connectivity index (χ4v) is 3.70. The van der Waals surface area contributed by atoms with Crippen molar-refractivity contribution in [2.45, 2.75) is 0 Å². The van der Waals surface area contributed by atoms with Gasteiger partial charge in [0.25, 0.3) is 0 Å². The molecule has 0 aliphatic rings. The molecular formula is C10H7ClN4O2S2. The summed E-state index contributed by atoms with van der Waals surface area (Å²) in [7, 11) is -3.84. The SMILES string of the molecule is O=S(=O)(Nc1ncc(Cl)s1)n1ncc2ccccc21. The molecule has 3 rings (SSSR count). The first-order valence-corrected chi connectivity index (χ1v) is 7.77. The molecule has 0 spiro atoms. The van der Waals surface area contributed by atoms with Crippen LogP contribution in [0.25, 0.3) is 10.9 Å². The summed E-state index contributed by atoms with van der Waals surface area (Å²) < 4.78 is 28.1. The molecule has 0 saturated heterocycles. The fraction of sp³-hybridized carbons (Fsp3) is 0. The molecule has 9 heteroatoms. The molecule has 0 saturated carbocycles. The minimum Gasteiger partial charge on any atom is -0.240 e. The van der Waals surface area contributed by atoms with Crippen molar-refractivity contribution >= 4 is 49.2 Å². The van der Waals surface area contributed by atoms with E-state index in [1.165, 1.54) is 12.4 Å². The van der Waals surface area contributed by atoms with E-state index in [-0.39, 0.29) is 5.13 Å². The molecule has 0 fully saturated rings. The number of aromatic nitrogens is 3. The second-order valence-corrected chi connectivity index (χ2v) is 6.79. The zero-order chi connectivity index (χ0) is 13.5. The van der Waals surface area contributed by atoms with Crippen molar-refractivity contribution in [1.82, 2.24) is 14.2 Å². The van der Waals surface area contributed by atoms with Gasteiger partial charge in [0, 0.05) is 5.39 Å². The largest absolute Gasteiger partial charge is 0.345 e. The first-order chi connectivity index (χ1) is 9.06. The van der Waals surface area contributed by atoms with Gasteiger partial charge in [0.15, 0.2) is 5.13 Å². The lowest BCUT2D eigenvalue weighted by atomic mass is 10.3. The Bertz CT molecular complexity index is 840. The minimum absolute atomic E-state index is 0.199. The lowest BCUT2D eigenvalue weighted by Crippen LogP contribution is -2.22. The van der Waals surface area contributed by atoms with Crippen LogP contribution in [0.3, 0.4) is 0 Å². The molecular weight excluding hydrogens is 308 g/mol. The highest BCUT2D eigenvalue weighted by atomic mass is 35.5. The smallest absolute Gasteiger partial charge is 0.240 e. The Morgan fingerprint density at radius 2 is 2.05 bits per heavy atom. The molecule has 2 aromatic heterocycles. The van der Waals surface area contributed by atoms with Gasteiger partial charge in [-0.1, -0.05) is 41.1 Å². The van der Waals surface area contributed by atoms with Crippen LogP contribution in [0.4, 0.5) is 5.13 Å². The Labute approximate surface area is 117 Å². The maximum atomic E-state index is 12.2. The highest BCUT2D eigenvalue weighted by molar-refractivity contribution is 7.91. The van der Waals surface area contributed by atoms with E-state index in [4.69, 9.17) is 11.6 Å². The first-order valence-electron chi connectivity index (χ1n) is 5.14. The highest BCUT2D eigenvalue weighted by Crippen LogP contribution is 2.24. The Kier molecular flexibility index (Phi) is 2.92. The van der Waals surface area contributed by atoms with Gasteiger partial charge in [-0.25, -0.2) is 9.71 Å². The number of benzene rings is 1. The molecule has 6 nitrogen and oxygen atoms in total. The van der Waals surface area contributed by atoms with Crippen molar-refractivity contribution in [3.8, 4) is 0 Å². The Morgan fingerprint density at radius 1 is 1.26 bits per heavy atom. The molecule has 0 aliphatic heterocycles. The van der Waals surface area contributed by atoms with Gasteiger partial charge in [-0.15, -0.1) is 4.09 Å². The van der Waals surface area contributed by atoms with Gasteiger partial charge in [0.05, 0.1) is 17.9 Å². The molecule has 0 amide bonds. The summed E-state index contributed by atoms with van der Waals surface area (Å²) in [6, 6.07) is 7.02. The van der Waals surface area contributed by atoms with Crippen LogP contribution in [0.2, 0.25) is 4.34 Å². The Morgan fingerprint density at radius 3 is 2.79 bits per heavy atom. The van der Waals surface area contributed by atoms with Crippen molar-refractivity contribution in [2.75, 3.05) is 4.72 Å². The molecule has 0 unspecified atom stereocenters. The first kappa shape index (κ1) is 12.4. The average Bonchev–Trinajstić information content (AvgIpc) is 2.95. The van der Waals surface area contributed by atoms with Crippen LogP contribution in [0.5, 0.6) is 0 Å². The summed E-state index contributed by atoms with van der Waals surface area (Å²) >= 11 is 6.75. The summed E-state index contributed by atoms with van der Waals surface area (Å²) in [5, 5.41) is 4.82. The molecule has 1 N–H and O–H groups in total. The Balaban J connectivity index is 2.05. The van der Waals surface area contributed by atoms with Gasteiger partial charge in [-0.2, -0.15) is 13.5 Å². The van der Waals surface area contributed by atoms with E-state index in [2.05, 4.69) is 14.8 Å². The van der Waals surface area contributed by atoms with E-state index in [0.717, 1.165) is 20.8 Å². The zero-order valence-corrected chi connectivity index (χ0v) is 11.7. The van der Waals surface area contributed by atoms with Gasteiger partial charge in [0.2, 0.25) is 0 Å². The predicted octanol–water partition coefficient (Wildman–Crippen LogP) is 2.35. The monoisotopic (exact) mass is 314 g/mol. The number of hydrogen-bond donors (Lipinski definition) is 1. The number of thiazole rings is 1. The second kappa shape index (κ2) is 4.48. The van der Waals surface area contributed by atoms with Crippen molar-refractivity contribution in [2.24, 2.45) is 0 Å². The lowest BCUT2D eigenvalue weighted by Gasteiger charge is -2.05. The van der Waals surface area contributed by atoms with E-state index in [0.29, 0.717) is 9.85 Å². The predicted molar refractivity (Wildman–Crippen MR) is 74.8 cm³/mol. The average molecular weight is 315 g/mol. The van der Waals surface area contributed by atoms with Gasteiger partial charge in [-0.3, -0.25) is 0 Å². The number of anilines is 1. The molecule has 0 atom stereocenters. The van der Waals surface area contributed by atoms with E-state index in [1.807, 2.05) is 6.07 Å². The van der Waals surface area contributed by atoms with Crippen LogP contribution in [0.15, 0.2) is 36.7 Å². The summed E-state index contributed by atoms with van der Waals surface area (Å²) in [4.78, 5) is 3.85. The van der Waals surface area contributed by atoms with E-state index in [1.54, 1.807) is 18.2 Å². The van der Waals surface area contributed by atoms with Crippen LogP contribution >= 0.6 is 22.9 Å². The van der Waals surface area contributed by atoms with Crippen LogP contribution in [-0.4, -0.2) is 22.6 Å². The summed E-state index contributed by atoms with van der Waals surface area (Å²) in [6.45, 7) is 0. The maximum absolute atomic E-state index is 12.2. The number of nitrogens with one attached hydrogen (secondary N) is 1. The molecule has 0 bridgehead atoms. The van der Waals surface area contributed by atoms with E-state index in [9.17, 15) is 8.42 Å². The quantitative estimate of drug-likeness (QED) is 0.805. The summed E-state index contributed by atoms with van der Waals surface area (Å²) in [5.74, 6) is 0.